The first-order chi connectivity index (χ1) is 6.73. The van der Waals surface area contributed by atoms with Gasteiger partial charge in [0, 0.05) is 16.1 Å². The second-order valence-electron chi connectivity index (χ2n) is 4.87. The minimum Gasteiger partial charge on any atom is -0.377 e. The SMILES string of the molecule is CC1=C(C(C)(C)C)[S](O[Si](C)C)C(N)=N1. The number of aliphatic imine (C=N–C) groups is 1. The first-order valence-corrected chi connectivity index (χ1v) is 8.57. The average molecular weight is 244 g/mol. The van der Waals surface area contributed by atoms with E-state index in [-0.39, 0.29) is 16.6 Å². The molecule has 0 saturated carbocycles. The van der Waals surface area contributed by atoms with Crippen molar-refractivity contribution >= 4 is 25.4 Å². The molecule has 0 aromatic heterocycles. The van der Waals surface area contributed by atoms with Gasteiger partial charge >= 0.3 is 0 Å². The highest BCUT2D eigenvalue weighted by Crippen LogP contribution is 2.52. The summed E-state index contributed by atoms with van der Waals surface area (Å²) in [5.74, 6) is 0. The molecule has 5 heteroatoms. The zero-order chi connectivity index (χ0) is 11.8. The zero-order valence-electron chi connectivity index (χ0n) is 10.3. The van der Waals surface area contributed by atoms with Crippen molar-refractivity contribution in [1.82, 2.24) is 0 Å². The molecular weight excluding hydrogens is 224 g/mol. The van der Waals surface area contributed by atoms with Gasteiger partial charge in [0.05, 0.1) is 5.70 Å². The number of allylic oxidation sites excluding steroid dienone is 2. The lowest BCUT2D eigenvalue weighted by Gasteiger charge is -2.28. The Bertz CT molecular complexity index is 318. The summed E-state index contributed by atoms with van der Waals surface area (Å²) in [5, 5.41) is 0.642. The van der Waals surface area contributed by atoms with Crippen LogP contribution in [0.2, 0.25) is 13.1 Å². The standard InChI is InChI=1S/C10H20N2OSSi/c1-7-8(10(2,3)4)14(9(11)12-7)13-15(5)6/h1-6H3,(H2,11,12). The molecule has 15 heavy (non-hydrogen) atoms. The molecule has 0 unspecified atom stereocenters. The van der Waals surface area contributed by atoms with Crippen molar-refractivity contribution in [2.45, 2.75) is 40.8 Å². The molecule has 1 rings (SSSR count). The van der Waals surface area contributed by atoms with Crippen molar-refractivity contribution < 1.29 is 3.87 Å². The lowest BCUT2D eigenvalue weighted by Crippen LogP contribution is -2.20. The van der Waals surface area contributed by atoms with E-state index < -0.39 is 9.04 Å². The van der Waals surface area contributed by atoms with Gasteiger partial charge in [0.2, 0.25) is 9.04 Å². The van der Waals surface area contributed by atoms with Gasteiger partial charge in [-0.15, -0.1) is 0 Å². The molecule has 0 atom stereocenters. The van der Waals surface area contributed by atoms with E-state index in [1.165, 1.54) is 4.91 Å². The molecule has 3 nitrogen and oxygen atoms in total. The van der Waals surface area contributed by atoms with Crippen molar-refractivity contribution in [3.8, 4) is 0 Å². The van der Waals surface area contributed by atoms with E-state index in [0.717, 1.165) is 5.70 Å². The predicted molar refractivity (Wildman–Crippen MR) is 69.9 cm³/mol. The average Bonchev–Trinajstić information content (AvgIpc) is 2.23. The highest BCUT2D eigenvalue weighted by atomic mass is 32.2. The van der Waals surface area contributed by atoms with Gasteiger partial charge < -0.3 is 9.61 Å². The van der Waals surface area contributed by atoms with Crippen molar-refractivity contribution in [3.63, 3.8) is 0 Å². The largest absolute Gasteiger partial charge is 0.377 e. The second kappa shape index (κ2) is 4.31. The summed E-state index contributed by atoms with van der Waals surface area (Å²) in [6, 6.07) is 0. The number of rotatable bonds is 2. The van der Waals surface area contributed by atoms with Crippen LogP contribution < -0.4 is 5.73 Å². The lowest BCUT2D eigenvalue weighted by atomic mass is 9.95. The maximum atomic E-state index is 5.95. The fraction of sp³-hybridized carbons (Fsp3) is 0.700. The van der Waals surface area contributed by atoms with Gasteiger partial charge in [-0.3, -0.25) is 0 Å². The molecule has 0 saturated heterocycles. The van der Waals surface area contributed by atoms with Crippen LogP contribution in [0.5, 0.6) is 0 Å². The van der Waals surface area contributed by atoms with Crippen molar-refractivity contribution in [2.24, 2.45) is 16.1 Å². The molecule has 0 bridgehead atoms. The quantitative estimate of drug-likeness (QED) is 0.759. The Hall–Kier alpha value is -0.263. The van der Waals surface area contributed by atoms with Crippen LogP contribution in [0, 0.1) is 5.41 Å². The van der Waals surface area contributed by atoms with Crippen molar-refractivity contribution in [2.75, 3.05) is 0 Å². The molecule has 2 radical (unpaired) electrons. The van der Waals surface area contributed by atoms with Gasteiger partial charge in [0.1, 0.15) is 0 Å². The van der Waals surface area contributed by atoms with Gasteiger partial charge in [0.25, 0.3) is 0 Å². The van der Waals surface area contributed by atoms with Crippen LogP contribution in [-0.2, 0) is 3.87 Å². The highest BCUT2D eigenvalue weighted by Gasteiger charge is 2.34. The van der Waals surface area contributed by atoms with Crippen LogP contribution in [0.25, 0.3) is 0 Å². The molecular formula is C10H20N2OSSi. The lowest BCUT2D eigenvalue weighted by molar-refractivity contribution is 0.521. The van der Waals surface area contributed by atoms with Gasteiger partial charge in [-0.2, -0.15) is 0 Å². The molecule has 0 amide bonds. The van der Waals surface area contributed by atoms with E-state index >= 15 is 0 Å². The highest BCUT2D eigenvalue weighted by molar-refractivity contribution is 8.30. The third-order valence-corrected chi connectivity index (χ3v) is 5.66. The Morgan fingerprint density at radius 1 is 1.33 bits per heavy atom. The second-order valence-corrected chi connectivity index (χ2v) is 8.72. The first-order valence-electron chi connectivity index (χ1n) is 5.01. The van der Waals surface area contributed by atoms with E-state index in [1.54, 1.807) is 0 Å². The Morgan fingerprint density at radius 2 is 1.87 bits per heavy atom. The molecule has 1 aliphatic rings. The minimum atomic E-state index is -0.748. The van der Waals surface area contributed by atoms with E-state index in [0.29, 0.717) is 5.17 Å². The number of amidine groups is 1. The Labute approximate surface area is 97.1 Å². The van der Waals surface area contributed by atoms with E-state index in [2.05, 4.69) is 38.9 Å². The van der Waals surface area contributed by atoms with E-state index in [4.69, 9.17) is 9.61 Å². The molecule has 1 heterocycles. The number of hydrogen-bond donors (Lipinski definition) is 1. The predicted octanol–water partition coefficient (Wildman–Crippen LogP) is 3.04. The summed E-state index contributed by atoms with van der Waals surface area (Å²) < 4.78 is 5.95. The maximum Gasteiger partial charge on any atom is 0.225 e. The smallest absolute Gasteiger partial charge is 0.225 e. The van der Waals surface area contributed by atoms with E-state index in [1.807, 2.05) is 6.92 Å². The third-order valence-electron chi connectivity index (χ3n) is 1.91. The summed E-state index contributed by atoms with van der Waals surface area (Å²) in [4.78, 5) is 5.60. The molecule has 86 valence electrons. The van der Waals surface area contributed by atoms with Crippen LogP contribution in [0.4, 0.5) is 0 Å². The van der Waals surface area contributed by atoms with Gasteiger partial charge in [-0.05, 0) is 25.4 Å². The third kappa shape index (κ3) is 2.86. The molecule has 2 N–H and O–H groups in total. The van der Waals surface area contributed by atoms with Crippen LogP contribution >= 0.6 is 11.2 Å². The summed E-state index contributed by atoms with van der Waals surface area (Å²) in [6.07, 6.45) is 0. The van der Waals surface area contributed by atoms with E-state index in [9.17, 15) is 0 Å². The summed E-state index contributed by atoms with van der Waals surface area (Å²) in [7, 11) is -0.748. The van der Waals surface area contributed by atoms with Crippen LogP contribution in [0.3, 0.4) is 0 Å². The molecule has 0 aliphatic carbocycles. The fourth-order valence-electron chi connectivity index (χ4n) is 1.57. The topological polar surface area (TPSA) is 47.6 Å². The fourth-order valence-corrected chi connectivity index (χ4v) is 4.88. The first kappa shape index (κ1) is 12.8. The zero-order valence-corrected chi connectivity index (χ0v) is 12.2. The molecule has 0 aromatic rings. The van der Waals surface area contributed by atoms with Crippen LogP contribution in [0.1, 0.15) is 27.7 Å². The van der Waals surface area contributed by atoms with Gasteiger partial charge in [-0.1, -0.05) is 20.8 Å². The Balaban J connectivity index is 2.99. The number of nitrogens with two attached hydrogens (primary N) is 1. The van der Waals surface area contributed by atoms with Crippen LogP contribution in [0.15, 0.2) is 15.6 Å². The normalized spacial score (nSPS) is 19.0. The van der Waals surface area contributed by atoms with Crippen LogP contribution in [-0.4, -0.2) is 14.2 Å². The molecule has 0 spiro atoms. The number of hydrogen-bond acceptors (Lipinski definition) is 3. The molecule has 0 fully saturated rings. The maximum absolute atomic E-state index is 5.95. The summed E-state index contributed by atoms with van der Waals surface area (Å²) >= 11 is -0.387. The number of nitrogens with zero attached hydrogens (tertiary/aromatic N) is 1. The molecule has 0 aromatic carbocycles. The summed E-state index contributed by atoms with van der Waals surface area (Å²) in [6.45, 7) is 12.8. The summed E-state index contributed by atoms with van der Waals surface area (Å²) in [5.41, 5.74) is 7.03. The molecule has 1 aliphatic heterocycles. The Kier molecular flexibility index (Phi) is 3.68. The Morgan fingerprint density at radius 3 is 2.27 bits per heavy atom. The van der Waals surface area contributed by atoms with Gasteiger partial charge in [0.15, 0.2) is 5.17 Å². The monoisotopic (exact) mass is 244 g/mol. The minimum absolute atomic E-state index is 0.0785. The van der Waals surface area contributed by atoms with Gasteiger partial charge in [-0.25, -0.2) is 4.99 Å². The van der Waals surface area contributed by atoms with Crippen molar-refractivity contribution in [3.05, 3.63) is 10.6 Å². The van der Waals surface area contributed by atoms with Crippen molar-refractivity contribution in [1.29, 1.82) is 0 Å².